The van der Waals surface area contributed by atoms with Crippen molar-refractivity contribution >= 4 is 40.1 Å². The summed E-state index contributed by atoms with van der Waals surface area (Å²) in [6.07, 6.45) is 1.57. The number of nitro benzene ring substituents is 1. The first-order chi connectivity index (χ1) is 15.9. The monoisotopic (exact) mass is 469 g/mol. The summed E-state index contributed by atoms with van der Waals surface area (Å²) < 4.78 is 5.91. The summed E-state index contributed by atoms with van der Waals surface area (Å²) >= 11 is 1.25. The number of thioether (sulfide) groups is 1. The van der Waals surface area contributed by atoms with Gasteiger partial charge in [0.2, 0.25) is 5.91 Å². The molecule has 0 saturated carbocycles. The lowest BCUT2D eigenvalue weighted by atomic mass is 9.94. The lowest BCUT2D eigenvalue weighted by molar-refractivity contribution is -0.385. The van der Waals surface area contributed by atoms with Crippen LogP contribution in [0.1, 0.15) is 43.6 Å². The number of anilines is 1. The standard InChI is InChI=1S/C22H23N5O5S/c1-4-11-32-18-10-9-14(27(30)31)12-16(18)21-25(13(2)28)17-8-6-5-7-15(17)19-20(29)23-22(33-3)24-26(19)21/h5-10,12,19,21H,4,11H2,1-3H3,(H,23,24,29)/t19-,21+/m1/s1. The number of nitrogens with one attached hydrogen (secondary N) is 1. The SMILES string of the molecule is CCCOc1ccc([N+](=O)[O-])cc1[C@H]1N(C(C)=O)c2ccccc2[C@@H]2C(=O)NC(SC)=NN21. The minimum absolute atomic E-state index is 0.150. The molecule has 2 amide bonds. The molecule has 2 aliphatic heterocycles. The molecule has 2 aromatic rings. The van der Waals surface area contributed by atoms with Gasteiger partial charge in [-0.2, -0.15) is 0 Å². The Morgan fingerprint density at radius 1 is 1.27 bits per heavy atom. The summed E-state index contributed by atoms with van der Waals surface area (Å²) in [7, 11) is 0. The number of hydrogen-bond acceptors (Lipinski definition) is 8. The smallest absolute Gasteiger partial charge is 0.270 e. The van der Waals surface area contributed by atoms with Crippen molar-refractivity contribution in [1.29, 1.82) is 0 Å². The van der Waals surface area contributed by atoms with Gasteiger partial charge in [0.1, 0.15) is 5.75 Å². The van der Waals surface area contributed by atoms with Crippen LogP contribution in [-0.4, -0.2) is 39.8 Å². The van der Waals surface area contributed by atoms with Gasteiger partial charge in [-0.05, 0) is 24.8 Å². The van der Waals surface area contributed by atoms with Gasteiger partial charge in [0.15, 0.2) is 17.4 Å². The van der Waals surface area contributed by atoms with Gasteiger partial charge in [-0.1, -0.05) is 36.9 Å². The molecular formula is C22H23N5O5S. The minimum Gasteiger partial charge on any atom is -0.493 e. The number of benzene rings is 2. The van der Waals surface area contributed by atoms with E-state index in [2.05, 4.69) is 10.4 Å². The van der Waals surface area contributed by atoms with E-state index in [1.54, 1.807) is 30.5 Å². The van der Waals surface area contributed by atoms with Gasteiger partial charge >= 0.3 is 0 Å². The average Bonchev–Trinajstić information content (AvgIpc) is 2.81. The van der Waals surface area contributed by atoms with E-state index in [-0.39, 0.29) is 17.5 Å². The van der Waals surface area contributed by atoms with Crippen molar-refractivity contribution in [3.63, 3.8) is 0 Å². The van der Waals surface area contributed by atoms with Crippen molar-refractivity contribution in [3.05, 3.63) is 63.7 Å². The average molecular weight is 470 g/mol. The highest BCUT2D eigenvalue weighted by molar-refractivity contribution is 8.13. The van der Waals surface area contributed by atoms with Crippen LogP contribution in [0.25, 0.3) is 0 Å². The lowest BCUT2D eigenvalue weighted by Crippen LogP contribution is -2.55. The number of nitrogens with zero attached hydrogens (tertiary/aromatic N) is 4. The fourth-order valence-electron chi connectivity index (χ4n) is 4.06. The fourth-order valence-corrected chi connectivity index (χ4v) is 4.44. The van der Waals surface area contributed by atoms with E-state index in [9.17, 15) is 19.7 Å². The van der Waals surface area contributed by atoms with Crippen LogP contribution in [0.3, 0.4) is 0 Å². The summed E-state index contributed by atoms with van der Waals surface area (Å²) in [5, 5.41) is 20.9. The second kappa shape index (κ2) is 9.10. The number of amides is 2. The zero-order chi connectivity index (χ0) is 23.7. The number of rotatable bonds is 5. The van der Waals surface area contributed by atoms with Gasteiger partial charge in [-0.25, -0.2) is 0 Å². The van der Waals surface area contributed by atoms with Gasteiger partial charge < -0.3 is 10.1 Å². The zero-order valence-corrected chi connectivity index (χ0v) is 19.2. The molecular weight excluding hydrogens is 446 g/mol. The van der Waals surface area contributed by atoms with E-state index < -0.39 is 17.1 Å². The molecule has 1 N–H and O–H groups in total. The van der Waals surface area contributed by atoms with E-state index in [0.29, 0.717) is 34.3 Å². The van der Waals surface area contributed by atoms with Crippen molar-refractivity contribution < 1.29 is 19.2 Å². The third kappa shape index (κ3) is 3.99. The Morgan fingerprint density at radius 2 is 2.03 bits per heavy atom. The Hall–Kier alpha value is -3.60. The summed E-state index contributed by atoms with van der Waals surface area (Å²) in [6.45, 7) is 3.75. The minimum atomic E-state index is -0.928. The van der Waals surface area contributed by atoms with E-state index >= 15 is 0 Å². The Labute approximate surface area is 194 Å². The van der Waals surface area contributed by atoms with Gasteiger partial charge in [0.25, 0.3) is 11.6 Å². The molecule has 172 valence electrons. The molecule has 0 spiro atoms. The summed E-state index contributed by atoms with van der Waals surface area (Å²) in [6, 6.07) is 10.6. The molecule has 0 saturated heterocycles. The number of carbonyl (C=O) groups is 2. The number of para-hydroxylation sites is 1. The highest BCUT2D eigenvalue weighted by Crippen LogP contribution is 2.48. The first-order valence-electron chi connectivity index (χ1n) is 10.4. The molecule has 0 unspecified atom stereocenters. The molecule has 0 aliphatic carbocycles. The van der Waals surface area contributed by atoms with Gasteiger partial charge in [0.05, 0.1) is 17.2 Å². The topological polar surface area (TPSA) is 117 Å². The van der Waals surface area contributed by atoms with Gasteiger partial charge in [0, 0.05) is 30.2 Å². The van der Waals surface area contributed by atoms with Gasteiger partial charge in [-0.3, -0.25) is 29.6 Å². The number of non-ortho nitro benzene ring substituents is 1. The number of hydrogen-bond donors (Lipinski definition) is 1. The predicted molar refractivity (Wildman–Crippen MR) is 125 cm³/mol. The van der Waals surface area contributed by atoms with Crippen LogP contribution in [0.4, 0.5) is 11.4 Å². The molecule has 2 heterocycles. The molecule has 0 bridgehead atoms. The largest absolute Gasteiger partial charge is 0.493 e. The maximum absolute atomic E-state index is 13.2. The van der Waals surface area contributed by atoms with Crippen LogP contribution in [-0.2, 0) is 9.59 Å². The van der Waals surface area contributed by atoms with Crippen LogP contribution in [0, 0.1) is 10.1 Å². The molecule has 2 aromatic carbocycles. The van der Waals surface area contributed by atoms with Gasteiger partial charge in [-0.15, -0.1) is 5.10 Å². The first-order valence-corrected chi connectivity index (χ1v) is 11.6. The number of nitro groups is 1. The Kier molecular flexibility index (Phi) is 6.23. The van der Waals surface area contributed by atoms with Crippen LogP contribution >= 0.6 is 11.8 Å². The summed E-state index contributed by atoms with van der Waals surface area (Å²) in [4.78, 5) is 38.7. The summed E-state index contributed by atoms with van der Waals surface area (Å²) in [5.74, 6) is -0.203. The van der Waals surface area contributed by atoms with E-state index in [1.165, 1.54) is 46.8 Å². The molecule has 10 nitrogen and oxygen atoms in total. The normalized spacial score (nSPS) is 19.2. The Bertz CT molecular complexity index is 1150. The third-order valence-corrected chi connectivity index (χ3v) is 5.98. The van der Waals surface area contributed by atoms with Crippen molar-refractivity contribution in [2.24, 2.45) is 5.10 Å². The molecule has 0 radical (unpaired) electrons. The second-order valence-corrected chi connectivity index (χ2v) is 8.33. The first kappa shape index (κ1) is 22.6. The van der Waals surface area contributed by atoms with Crippen molar-refractivity contribution in [2.45, 2.75) is 32.5 Å². The van der Waals surface area contributed by atoms with Crippen molar-refractivity contribution in [2.75, 3.05) is 17.8 Å². The quantitative estimate of drug-likeness (QED) is 0.526. The van der Waals surface area contributed by atoms with Crippen LogP contribution in [0.15, 0.2) is 47.6 Å². The molecule has 0 fully saturated rings. The van der Waals surface area contributed by atoms with E-state index in [4.69, 9.17) is 4.74 Å². The van der Waals surface area contributed by atoms with Crippen LogP contribution in [0.5, 0.6) is 5.75 Å². The number of fused-ring (bicyclic) bond motifs is 3. The van der Waals surface area contributed by atoms with Crippen LogP contribution in [0.2, 0.25) is 0 Å². The number of amidine groups is 1. The second-order valence-electron chi connectivity index (χ2n) is 7.53. The van der Waals surface area contributed by atoms with Crippen LogP contribution < -0.4 is 15.0 Å². The number of carbonyl (C=O) groups excluding carboxylic acids is 2. The highest BCUT2D eigenvalue weighted by atomic mass is 32.2. The van der Waals surface area contributed by atoms with Crippen molar-refractivity contribution in [1.82, 2.24) is 10.3 Å². The third-order valence-electron chi connectivity index (χ3n) is 5.41. The fraction of sp³-hybridized carbons (Fsp3) is 0.318. The number of hydrazone groups is 1. The molecule has 0 aromatic heterocycles. The molecule has 4 rings (SSSR count). The predicted octanol–water partition coefficient (Wildman–Crippen LogP) is 3.56. The molecule has 2 aliphatic rings. The molecule has 2 atom stereocenters. The maximum atomic E-state index is 13.2. The van der Waals surface area contributed by atoms with E-state index in [1.807, 2.05) is 6.92 Å². The van der Waals surface area contributed by atoms with E-state index in [0.717, 1.165) is 6.42 Å². The maximum Gasteiger partial charge on any atom is 0.270 e. The zero-order valence-electron chi connectivity index (χ0n) is 18.3. The Balaban J connectivity index is 2.01. The number of ether oxygens (including phenoxy) is 1. The molecule has 33 heavy (non-hydrogen) atoms. The Morgan fingerprint density at radius 3 is 2.70 bits per heavy atom. The molecule has 11 heteroatoms. The highest BCUT2D eigenvalue weighted by Gasteiger charge is 2.47. The lowest BCUT2D eigenvalue weighted by Gasteiger charge is -2.48. The van der Waals surface area contributed by atoms with Crippen molar-refractivity contribution in [3.8, 4) is 5.75 Å². The summed E-state index contributed by atoms with van der Waals surface area (Å²) in [5.41, 5.74) is 1.39.